The highest BCUT2D eigenvalue weighted by atomic mass is 19.2. The average molecular weight is 462 g/mol. The molecule has 5 nitrogen and oxygen atoms in total. The van der Waals surface area contributed by atoms with Gasteiger partial charge < -0.3 is 10.1 Å². The highest BCUT2D eigenvalue weighted by molar-refractivity contribution is 6.46. The zero-order chi connectivity index (χ0) is 24.2. The van der Waals surface area contributed by atoms with Gasteiger partial charge in [-0.1, -0.05) is 37.6 Å². The minimum atomic E-state index is -1.06. The fourth-order valence-corrected chi connectivity index (χ4v) is 3.82. The highest BCUT2D eigenvalue weighted by Gasteiger charge is 2.40. The fourth-order valence-electron chi connectivity index (χ4n) is 3.82. The summed E-state index contributed by atoms with van der Waals surface area (Å²) < 4.78 is 32.4. The molecule has 0 spiro atoms. The van der Waals surface area contributed by atoms with Crippen molar-refractivity contribution >= 4 is 28.8 Å². The van der Waals surface area contributed by atoms with Crippen LogP contribution in [0.2, 0.25) is 0 Å². The topological polar surface area (TPSA) is 58.6 Å². The van der Waals surface area contributed by atoms with Gasteiger partial charge in [0.25, 0.3) is 11.8 Å². The third kappa shape index (κ3) is 4.55. The third-order valence-electron chi connectivity index (χ3n) is 5.67. The summed E-state index contributed by atoms with van der Waals surface area (Å²) in [6, 6.07) is 17.2. The van der Waals surface area contributed by atoms with Gasteiger partial charge in [-0.15, -0.1) is 0 Å². The van der Waals surface area contributed by atoms with Crippen LogP contribution >= 0.6 is 0 Å². The van der Waals surface area contributed by atoms with Crippen LogP contribution in [0.3, 0.4) is 0 Å². The third-order valence-corrected chi connectivity index (χ3v) is 5.67. The lowest BCUT2D eigenvalue weighted by Crippen LogP contribution is -2.32. The standard InChI is InChI=1S/C27H24F2N2O3/c1-3-4-5-17-6-11-20(12-7-17)31-26(32)24(18-8-13-21(34-2)14-9-18)25(27(31)33)30-19-10-15-22(28)23(29)16-19/h6-16,30H,3-5H2,1-2H3. The van der Waals surface area contributed by atoms with E-state index in [2.05, 4.69) is 12.2 Å². The number of hydrogen-bond acceptors (Lipinski definition) is 4. The van der Waals surface area contributed by atoms with Crippen molar-refractivity contribution in [3.05, 3.63) is 95.2 Å². The normalized spacial score (nSPS) is 13.6. The molecule has 2 amide bonds. The number of carbonyl (C=O) groups excluding carboxylic acids is 2. The molecule has 0 saturated heterocycles. The van der Waals surface area contributed by atoms with Crippen LogP contribution in [0.1, 0.15) is 30.9 Å². The molecule has 4 rings (SSSR count). The van der Waals surface area contributed by atoms with Crippen molar-refractivity contribution in [2.75, 3.05) is 17.3 Å². The number of halogens is 2. The van der Waals surface area contributed by atoms with Crippen LogP contribution in [0.15, 0.2) is 72.4 Å². The Hall–Kier alpha value is -4.00. The summed E-state index contributed by atoms with van der Waals surface area (Å²) >= 11 is 0. The minimum absolute atomic E-state index is 0.0174. The summed E-state index contributed by atoms with van der Waals surface area (Å²) in [5, 5.41) is 2.83. The molecule has 1 N–H and O–H groups in total. The van der Waals surface area contributed by atoms with Gasteiger partial charge in [-0.2, -0.15) is 0 Å². The van der Waals surface area contributed by atoms with Crippen LogP contribution in [-0.4, -0.2) is 18.9 Å². The number of nitrogens with zero attached hydrogens (tertiary/aromatic N) is 1. The maximum atomic E-state index is 13.8. The number of methoxy groups -OCH3 is 1. The molecule has 0 bridgehead atoms. The molecule has 0 saturated carbocycles. The minimum Gasteiger partial charge on any atom is -0.497 e. The van der Waals surface area contributed by atoms with E-state index >= 15 is 0 Å². The van der Waals surface area contributed by atoms with Gasteiger partial charge in [0.15, 0.2) is 11.6 Å². The lowest BCUT2D eigenvalue weighted by atomic mass is 10.0. The Balaban J connectivity index is 1.73. The van der Waals surface area contributed by atoms with Gasteiger partial charge in [-0.3, -0.25) is 9.59 Å². The highest BCUT2D eigenvalue weighted by Crippen LogP contribution is 2.34. The van der Waals surface area contributed by atoms with E-state index in [0.717, 1.165) is 41.9 Å². The van der Waals surface area contributed by atoms with Crippen LogP contribution in [0, 0.1) is 11.6 Å². The number of benzene rings is 3. The number of carbonyl (C=O) groups is 2. The number of anilines is 2. The molecule has 3 aromatic carbocycles. The molecule has 0 aliphatic carbocycles. The molecular weight excluding hydrogens is 438 g/mol. The fraction of sp³-hybridized carbons (Fsp3) is 0.185. The Bertz CT molecular complexity index is 1250. The van der Waals surface area contributed by atoms with Crippen LogP contribution in [0.5, 0.6) is 5.75 Å². The van der Waals surface area contributed by atoms with E-state index in [1.807, 2.05) is 12.1 Å². The van der Waals surface area contributed by atoms with Crippen LogP contribution < -0.4 is 15.0 Å². The van der Waals surface area contributed by atoms with E-state index in [1.54, 1.807) is 36.4 Å². The van der Waals surface area contributed by atoms with Gasteiger partial charge in [0.2, 0.25) is 0 Å². The molecule has 3 aromatic rings. The Kier molecular flexibility index (Phi) is 6.72. The maximum absolute atomic E-state index is 13.8. The summed E-state index contributed by atoms with van der Waals surface area (Å²) in [5.74, 6) is -2.57. The number of imide groups is 1. The molecule has 7 heteroatoms. The van der Waals surface area contributed by atoms with Gasteiger partial charge in [-0.25, -0.2) is 13.7 Å². The second-order valence-corrected chi connectivity index (χ2v) is 7.95. The predicted molar refractivity (Wildman–Crippen MR) is 127 cm³/mol. The van der Waals surface area contributed by atoms with Gasteiger partial charge in [0.05, 0.1) is 18.4 Å². The summed E-state index contributed by atoms with van der Waals surface area (Å²) in [6.07, 6.45) is 3.03. The molecule has 34 heavy (non-hydrogen) atoms. The first kappa shape index (κ1) is 23.2. The molecule has 0 atom stereocenters. The molecule has 1 aliphatic heterocycles. The number of nitrogens with one attached hydrogen (secondary N) is 1. The summed E-state index contributed by atoms with van der Waals surface area (Å²) in [4.78, 5) is 28.0. The van der Waals surface area contributed by atoms with Crippen molar-refractivity contribution in [1.29, 1.82) is 0 Å². The van der Waals surface area contributed by atoms with E-state index in [4.69, 9.17) is 4.74 Å². The number of aryl methyl sites for hydroxylation is 1. The zero-order valence-corrected chi connectivity index (χ0v) is 18.9. The molecule has 0 unspecified atom stereocenters. The first-order valence-electron chi connectivity index (χ1n) is 11.0. The van der Waals surface area contributed by atoms with Crippen molar-refractivity contribution in [1.82, 2.24) is 0 Å². The number of amides is 2. The number of unbranched alkanes of at least 4 members (excludes halogenated alkanes) is 1. The van der Waals surface area contributed by atoms with E-state index in [1.165, 1.54) is 13.2 Å². The quantitative estimate of drug-likeness (QED) is 0.436. The SMILES string of the molecule is CCCCc1ccc(N2C(=O)C(Nc3ccc(F)c(F)c3)=C(c3ccc(OC)cc3)C2=O)cc1. The average Bonchev–Trinajstić information content (AvgIpc) is 3.09. The number of ether oxygens (including phenoxy) is 1. The molecule has 174 valence electrons. The zero-order valence-electron chi connectivity index (χ0n) is 18.9. The second kappa shape index (κ2) is 9.87. The molecule has 0 fully saturated rings. The molecular formula is C27H24F2N2O3. The molecule has 0 aromatic heterocycles. The monoisotopic (exact) mass is 462 g/mol. The smallest absolute Gasteiger partial charge is 0.282 e. The molecule has 1 aliphatic rings. The predicted octanol–water partition coefficient (Wildman–Crippen LogP) is 5.71. The Labute approximate surface area is 196 Å². The Morgan fingerprint density at radius 1 is 0.882 bits per heavy atom. The first-order valence-corrected chi connectivity index (χ1v) is 11.0. The van der Waals surface area contributed by atoms with Crippen LogP contribution in [0.4, 0.5) is 20.2 Å². The second-order valence-electron chi connectivity index (χ2n) is 7.95. The summed E-state index contributed by atoms with van der Waals surface area (Å²) in [6.45, 7) is 2.11. The van der Waals surface area contributed by atoms with Gasteiger partial charge >= 0.3 is 0 Å². The largest absolute Gasteiger partial charge is 0.497 e. The molecule has 0 radical (unpaired) electrons. The van der Waals surface area contributed by atoms with E-state index in [0.29, 0.717) is 17.0 Å². The maximum Gasteiger partial charge on any atom is 0.282 e. The van der Waals surface area contributed by atoms with E-state index in [-0.39, 0.29) is 17.0 Å². The number of rotatable bonds is 8. The number of hydrogen-bond donors (Lipinski definition) is 1. The van der Waals surface area contributed by atoms with Crippen molar-refractivity contribution < 1.29 is 23.1 Å². The first-order chi connectivity index (χ1) is 16.4. The van der Waals surface area contributed by atoms with Crippen LogP contribution in [-0.2, 0) is 16.0 Å². The van der Waals surface area contributed by atoms with Gasteiger partial charge in [0, 0.05) is 11.8 Å². The lowest BCUT2D eigenvalue weighted by Gasteiger charge is -2.16. The van der Waals surface area contributed by atoms with Crippen LogP contribution in [0.25, 0.3) is 5.57 Å². The van der Waals surface area contributed by atoms with E-state index < -0.39 is 23.4 Å². The Morgan fingerprint density at radius 3 is 2.21 bits per heavy atom. The van der Waals surface area contributed by atoms with Gasteiger partial charge in [-0.05, 0) is 60.4 Å². The van der Waals surface area contributed by atoms with Crippen molar-refractivity contribution in [3.8, 4) is 5.75 Å². The molecule has 1 heterocycles. The lowest BCUT2D eigenvalue weighted by molar-refractivity contribution is -0.120. The summed E-state index contributed by atoms with van der Waals surface area (Å²) in [5.41, 5.74) is 2.31. The van der Waals surface area contributed by atoms with Crippen molar-refractivity contribution in [3.63, 3.8) is 0 Å². The van der Waals surface area contributed by atoms with E-state index in [9.17, 15) is 18.4 Å². The van der Waals surface area contributed by atoms with Crippen molar-refractivity contribution in [2.45, 2.75) is 26.2 Å². The van der Waals surface area contributed by atoms with Crippen molar-refractivity contribution in [2.24, 2.45) is 0 Å². The van der Waals surface area contributed by atoms with Gasteiger partial charge in [0.1, 0.15) is 11.4 Å². The summed E-state index contributed by atoms with van der Waals surface area (Å²) in [7, 11) is 1.53. The Morgan fingerprint density at radius 2 is 1.59 bits per heavy atom.